The number of nitrogens with zero attached hydrogens (tertiary/aromatic N) is 4. The van der Waals surface area contributed by atoms with Gasteiger partial charge in [0.05, 0.1) is 13.2 Å². The van der Waals surface area contributed by atoms with Crippen LogP contribution in [0.15, 0.2) is 12.4 Å². The molecule has 2 saturated heterocycles. The highest BCUT2D eigenvalue weighted by molar-refractivity contribution is 5.03. The van der Waals surface area contributed by atoms with Crippen molar-refractivity contribution >= 4 is 0 Å². The van der Waals surface area contributed by atoms with Crippen LogP contribution in [0.1, 0.15) is 44.3 Å². The normalized spacial score (nSPS) is 24.1. The molecular weight excluding hydrogens is 288 g/mol. The molecule has 1 aromatic heterocycles. The molecule has 0 aromatic carbocycles. The van der Waals surface area contributed by atoms with E-state index in [1.54, 1.807) is 0 Å². The van der Waals surface area contributed by atoms with Gasteiger partial charge in [-0.25, -0.2) is 4.98 Å². The van der Waals surface area contributed by atoms with E-state index >= 15 is 0 Å². The Labute approximate surface area is 140 Å². The van der Waals surface area contributed by atoms with Gasteiger partial charge in [-0.15, -0.1) is 0 Å². The third kappa shape index (κ3) is 4.78. The number of rotatable bonds is 7. The van der Waals surface area contributed by atoms with Crippen LogP contribution in [-0.4, -0.2) is 71.8 Å². The Hall–Kier alpha value is -0.910. The van der Waals surface area contributed by atoms with Crippen LogP contribution in [0.25, 0.3) is 0 Å². The van der Waals surface area contributed by atoms with Gasteiger partial charge < -0.3 is 14.2 Å². The van der Waals surface area contributed by atoms with Crippen molar-refractivity contribution in [3.8, 4) is 0 Å². The molecule has 130 valence electrons. The maximum atomic E-state index is 5.44. The predicted molar refractivity (Wildman–Crippen MR) is 92.8 cm³/mol. The Morgan fingerprint density at radius 2 is 1.96 bits per heavy atom. The summed E-state index contributed by atoms with van der Waals surface area (Å²) in [4.78, 5) is 9.86. The fraction of sp³-hybridized carbons (Fsp3) is 0.833. The molecule has 5 nitrogen and oxygen atoms in total. The Balaban J connectivity index is 1.50. The second-order valence-corrected chi connectivity index (χ2v) is 6.93. The first-order valence-corrected chi connectivity index (χ1v) is 9.40. The van der Waals surface area contributed by atoms with E-state index in [9.17, 15) is 0 Å². The van der Waals surface area contributed by atoms with Crippen molar-refractivity contribution in [2.45, 2.75) is 45.1 Å². The van der Waals surface area contributed by atoms with Gasteiger partial charge in [0.25, 0.3) is 0 Å². The van der Waals surface area contributed by atoms with Crippen LogP contribution in [0.4, 0.5) is 0 Å². The lowest BCUT2D eigenvalue weighted by molar-refractivity contribution is 0.0318. The molecule has 2 aliphatic heterocycles. The smallest absolute Gasteiger partial charge is 0.113 e. The fourth-order valence-electron chi connectivity index (χ4n) is 3.78. The largest absolute Gasteiger partial charge is 0.379 e. The topological polar surface area (TPSA) is 33.5 Å². The second kappa shape index (κ2) is 8.81. The fourth-order valence-corrected chi connectivity index (χ4v) is 3.78. The van der Waals surface area contributed by atoms with Crippen LogP contribution in [0, 0.1) is 0 Å². The summed E-state index contributed by atoms with van der Waals surface area (Å²) in [5.74, 6) is 1.93. The van der Waals surface area contributed by atoms with Crippen molar-refractivity contribution in [3.05, 3.63) is 18.2 Å². The minimum atomic E-state index is 0.611. The predicted octanol–water partition coefficient (Wildman–Crippen LogP) is 2.19. The lowest BCUT2D eigenvalue weighted by atomic mass is 9.97. The highest BCUT2D eigenvalue weighted by Crippen LogP contribution is 2.26. The first-order valence-electron chi connectivity index (χ1n) is 9.40. The average molecular weight is 320 g/mol. The van der Waals surface area contributed by atoms with Crippen molar-refractivity contribution < 1.29 is 4.74 Å². The van der Waals surface area contributed by atoms with E-state index in [-0.39, 0.29) is 0 Å². The molecule has 0 bridgehead atoms. The Morgan fingerprint density at radius 3 is 2.78 bits per heavy atom. The zero-order valence-electron chi connectivity index (χ0n) is 14.6. The summed E-state index contributed by atoms with van der Waals surface area (Å²) in [6, 6.07) is 0. The van der Waals surface area contributed by atoms with Crippen molar-refractivity contribution in [1.29, 1.82) is 0 Å². The number of hydrogen-bond donors (Lipinski definition) is 0. The van der Waals surface area contributed by atoms with E-state index < -0.39 is 0 Å². The van der Waals surface area contributed by atoms with Gasteiger partial charge >= 0.3 is 0 Å². The highest BCUT2D eigenvalue weighted by atomic mass is 16.5. The molecule has 1 aromatic rings. The van der Waals surface area contributed by atoms with Crippen LogP contribution < -0.4 is 0 Å². The van der Waals surface area contributed by atoms with Crippen LogP contribution in [0.3, 0.4) is 0 Å². The van der Waals surface area contributed by atoms with Crippen molar-refractivity contribution in [3.63, 3.8) is 0 Å². The summed E-state index contributed by atoms with van der Waals surface area (Å²) in [6.45, 7) is 12.2. The summed E-state index contributed by atoms with van der Waals surface area (Å²) in [5.41, 5.74) is 0. The number of imidazole rings is 1. The molecule has 3 heterocycles. The number of ether oxygens (including phenoxy) is 1. The van der Waals surface area contributed by atoms with Gasteiger partial charge in [0.2, 0.25) is 0 Å². The number of likely N-dealkylation sites (tertiary alicyclic amines) is 1. The minimum absolute atomic E-state index is 0.611. The molecule has 2 fully saturated rings. The summed E-state index contributed by atoms with van der Waals surface area (Å²) in [5, 5.41) is 0. The Kier molecular flexibility index (Phi) is 6.48. The number of hydrogen-bond acceptors (Lipinski definition) is 4. The van der Waals surface area contributed by atoms with Crippen molar-refractivity contribution in [2.75, 3.05) is 52.5 Å². The average Bonchev–Trinajstić information content (AvgIpc) is 3.08. The van der Waals surface area contributed by atoms with E-state index in [2.05, 4.69) is 32.5 Å². The molecule has 0 spiro atoms. The maximum absolute atomic E-state index is 5.44. The third-order valence-corrected chi connectivity index (χ3v) is 5.21. The molecule has 3 rings (SSSR count). The number of piperidine rings is 1. The van der Waals surface area contributed by atoms with Gasteiger partial charge in [-0.3, -0.25) is 4.90 Å². The summed E-state index contributed by atoms with van der Waals surface area (Å²) in [6.07, 6.45) is 9.23. The number of aromatic nitrogens is 2. The number of unbranched alkanes of at least 4 members (excludes halogenated alkanes) is 1. The molecule has 0 saturated carbocycles. The molecule has 0 amide bonds. The Morgan fingerprint density at radius 1 is 1.13 bits per heavy atom. The summed E-state index contributed by atoms with van der Waals surface area (Å²) >= 11 is 0. The molecule has 23 heavy (non-hydrogen) atoms. The lowest BCUT2D eigenvalue weighted by Gasteiger charge is -2.35. The van der Waals surface area contributed by atoms with E-state index in [1.807, 2.05) is 6.20 Å². The van der Waals surface area contributed by atoms with Gasteiger partial charge in [-0.1, -0.05) is 13.3 Å². The summed E-state index contributed by atoms with van der Waals surface area (Å²) in [7, 11) is 0. The Bertz CT molecular complexity index is 456. The monoisotopic (exact) mass is 320 g/mol. The van der Waals surface area contributed by atoms with Crippen LogP contribution in [0.5, 0.6) is 0 Å². The zero-order chi connectivity index (χ0) is 15.9. The first-order chi connectivity index (χ1) is 11.4. The SMILES string of the molecule is CCCCn1ccnc1C1CCCN(CCN2CCOCC2)C1. The molecule has 5 heteroatoms. The molecule has 0 radical (unpaired) electrons. The molecule has 0 N–H and O–H groups in total. The van der Waals surface area contributed by atoms with E-state index in [0.717, 1.165) is 32.8 Å². The molecule has 2 aliphatic rings. The second-order valence-electron chi connectivity index (χ2n) is 6.93. The van der Waals surface area contributed by atoms with Gasteiger partial charge in [-0.2, -0.15) is 0 Å². The van der Waals surface area contributed by atoms with E-state index in [1.165, 1.54) is 57.7 Å². The van der Waals surface area contributed by atoms with E-state index in [4.69, 9.17) is 4.74 Å². The van der Waals surface area contributed by atoms with Crippen LogP contribution in [0.2, 0.25) is 0 Å². The maximum Gasteiger partial charge on any atom is 0.113 e. The molecule has 0 aliphatic carbocycles. The third-order valence-electron chi connectivity index (χ3n) is 5.21. The zero-order valence-corrected chi connectivity index (χ0v) is 14.6. The molecular formula is C18H32N4O. The van der Waals surface area contributed by atoms with E-state index in [0.29, 0.717) is 5.92 Å². The quantitative estimate of drug-likeness (QED) is 0.771. The highest BCUT2D eigenvalue weighted by Gasteiger charge is 2.24. The number of aryl methyl sites for hydroxylation is 1. The summed E-state index contributed by atoms with van der Waals surface area (Å²) < 4.78 is 7.83. The van der Waals surface area contributed by atoms with Crippen LogP contribution >= 0.6 is 0 Å². The standard InChI is InChI=1S/C18H32N4O/c1-2-3-8-22-9-6-19-18(22)17-5-4-7-21(16-17)11-10-20-12-14-23-15-13-20/h6,9,17H,2-5,7-8,10-16H2,1H3. The van der Waals surface area contributed by atoms with Crippen LogP contribution in [-0.2, 0) is 11.3 Å². The number of morpholine rings is 1. The van der Waals surface area contributed by atoms with Gasteiger partial charge in [-0.05, 0) is 25.8 Å². The van der Waals surface area contributed by atoms with Crippen molar-refractivity contribution in [2.24, 2.45) is 0 Å². The minimum Gasteiger partial charge on any atom is -0.379 e. The first kappa shape index (κ1) is 16.9. The van der Waals surface area contributed by atoms with Gasteiger partial charge in [0.1, 0.15) is 5.82 Å². The lowest BCUT2D eigenvalue weighted by Crippen LogP contribution is -2.44. The van der Waals surface area contributed by atoms with Crippen molar-refractivity contribution in [1.82, 2.24) is 19.4 Å². The van der Waals surface area contributed by atoms with Gasteiger partial charge in [0, 0.05) is 57.6 Å². The van der Waals surface area contributed by atoms with Gasteiger partial charge in [0.15, 0.2) is 0 Å². The molecule has 1 unspecified atom stereocenters. The molecule has 1 atom stereocenters.